The molecule has 0 saturated heterocycles. The Morgan fingerprint density at radius 2 is 2.33 bits per heavy atom. The molecule has 3 nitrogen and oxygen atoms in total. The number of nitrogens with zero attached hydrogens (tertiary/aromatic N) is 1. The summed E-state index contributed by atoms with van der Waals surface area (Å²) in [5.74, 6) is 2.00. The monoisotopic (exact) mass is 205 g/mol. The SMILES string of the molecule is CN=C(C)c1c(CC2CC2)c[nH]c1NC. The van der Waals surface area contributed by atoms with Crippen LogP contribution in [0, 0.1) is 5.92 Å². The summed E-state index contributed by atoms with van der Waals surface area (Å²) in [6.45, 7) is 2.07. The summed E-state index contributed by atoms with van der Waals surface area (Å²) in [5, 5.41) is 3.19. The summed E-state index contributed by atoms with van der Waals surface area (Å²) < 4.78 is 0. The van der Waals surface area contributed by atoms with Crippen molar-refractivity contribution < 1.29 is 0 Å². The largest absolute Gasteiger partial charge is 0.374 e. The molecule has 0 atom stereocenters. The molecule has 0 aromatic carbocycles. The molecule has 2 rings (SSSR count). The van der Waals surface area contributed by atoms with Gasteiger partial charge in [-0.3, -0.25) is 4.99 Å². The topological polar surface area (TPSA) is 40.2 Å². The van der Waals surface area contributed by atoms with Crippen molar-refractivity contribution in [3.05, 3.63) is 17.3 Å². The van der Waals surface area contributed by atoms with Crippen molar-refractivity contribution in [2.24, 2.45) is 10.9 Å². The van der Waals surface area contributed by atoms with Gasteiger partial charge in [-0.05, 0) is 37.7 Å². The van der Waals surface area contributed by atoms with E-state index >= 15 is 0 Å². The number of H-pyrrole nitrogens is 1. The van der Waals surface area contributed by atoms with Gasteiger partial charge in [0.25, 0.3) is 0 Å². The zero-order chi connectivity index (χ0) is 10.8. The average Bonchev–Trinajstić information content (AvgIpc) is 2.96. The van der Waals surface area contributed by atoms with Crippen molar-refractivity contribution in [3.8, 4) is 0 Å². The summed E-state index contributed by atoms with van der Waals surface area (Å²) in [6, 6.07) is 0. The molecule has 2 N–H and O–H groups in total. The number of hydrogen-bond donors (Lipinski definition) is 2. The van der Waals surface area contributed by atoms with E-state index in [2.05, 4.69) is 28.4 Å². The molecule has 1 aromatic heterocycles. The smallest absolute Gasteiger partial charge is 0.112 e. The molecule has 1 heterocycles. The van der Waals surface area contributed by atoms with Gasteiger partial charge in [0.05, 0.1) is 0 Å². The van der Waals surface area contributed by atoms with Crippen LogP contribution in [-0.4, -0.2) is 24.8 Å². The Morgan fingerprint density at radius 1 is 1.60 bits per heavy atom. The lowest BCUT2D eigenvalue weighted by atomic mass is 10.0. The Bertz CT molecular complexity index is 372. The summed E-state index contributed by atoms with van der Waals surface area (Å²) >= 11 is 0. The van der Waals surface area contributed by atoms with Gasteiger partial charge < -0.3 is 10.3 Å². The first-order valence-electron chi connectivity index (χ1n) is 5.58. The second kappa shape index (κ2) is 4.09. The predicted octanol–water partition coefficient (Wildman–Crippen LogP) is 2.45. The van der Waals surface area contributed by atoms with Crippen LogP contribution in [-0.2, 0) is 6.42 Å². The van der Waals surface area contributed by atoms with Crippen LogP contribution in [0.5, 0.6) is 0 Å². The standard InChI is InChI=1S/C12H19N3/c1-8(13-2)11-10(6-9-4-5-9)7-15-12(11)14-3/h7,9,14-15H,4-6H2,1-3H3. The fraction of sp³-hybridized carbons (Fsp3) is 0.583. The molecular formula is C12H19N3. The van der Waals surface area contributed by atoms with Crippen LogP contribution < -0.4 is 5.32 Å². The highest BCUT2D eigenvalue weighted by Crippen LogP contribution is 2.34. The first-order valence-corrected chi connectivity index (χ1v) is 5.58. The van der Waals surface area contributed by atoms with Crippen LogP contribution in [0.2, 0.25) is 0 Å². The van der Waals surface area contributed by atoms with Crippen LogP contribution >= 0.6 is 0 Å². The minimum absolute atomic E-state index is 0.911. The van der Waals surface area contributed by atoms with Crippen LogP contribution in [0.1, 0.15) is 30.9 Å². The first kappa shape index (κ1) is 10.3. The molecule has 1 fully saturated rings. The van der Waals surface area contributed by atoms with E-state index in [0.717, 1.165) is 17.4 Å². The third-order valence-corrected chi connectivity index (χ3v) is 3.11. The summed E-state index contributed by atoms with van der Waals surface area (Å²) in [4.78, 5) is 7.57. The molecule has 0 spiro atoms. The van der Waals surface area contributed by atoms with E-state index in [1.54, 1.807) is 0 Å². The van der Waals surface area contributed by atoms with E-state index in [0.29, 0.717) is 0 Å². The van der Waals surface area contributed by atoms with Crippen LogP contribution in [0.25, 0.3) is 0 Å². The van der Waals surface area contributed by atoms with Crippen molar-refractivity contribution in [3.63, 3.8) is 0 Å². The van der Waals surface area contributed by atoms with Gasteiger partial charge in [-0.1, -0.05) is 0 Å². The molecule has 0 unspecified atom stereocenters. The fourth-order valence-corrected chi connectivity index (χ4v) is 1.98. The second-order valence-electron chi connectivity index (χ2n) is 4.27. The van der Waals surface area contributed by atoms with Gasteiger partial charge in [0.1, 0.15) is 5.82 Å². The van der Waals surface area contributed by atoms with E-state index in [4.69, 9.17) is 0 Å². The van der Waals surface area contributed by atoms with Crippen LogP contribution in [0.4, 0.5) is 5.82 Å². The van der Waals surface area contributed by atoms with Gasteiger partial charge in [-0.25, -0.2) is 0 Å². The van der Waals surface area contributed by atoms with Crippen LogP contribution in [0.15, 0.2) is 11.2 Å². The first-order chi connectivity index (χ1) is 7.26. The quantitative estimate of drug-likeness (QED) is 0.728. The normalized spacial score (nSPS) is 16.9. The van der Waals surface area contributed by atoms with Gasteiger partial charge >= 0.3 is 0 Å². The molecule has 0 amide bonds. The minimum atomic E-state index is 0.911. The van der Waals surface area contributed by atoms with E-state index in [-0.39, 0.29) is 0 Å². The van der Waals surface area contributed by atoms with E-state index < -0.39 is 0 Å². The molecule has 0 radical (unpaired) electrons. The number of aliphatic imine (C=N–C) groups is 1. The number of hydrogen-bond acceptors (Lipinski definition) is 2. The molecule has 1 aromatic rings. The maximum absolute atomic E-state index is 4.28. The van der Waals surface area contributed by atoms with E-state index in [1.807, 2.05) is 14.1 Å². The zero-order valence-corrected chi connectivity index (χ0v) is 9.72. The summed E-state index contributed by atoms with van der Waals surface area (Å²) in [6.07, 6.45) is 6.10. The Morgan fingerprint density at radius 3 is 2.87 bits per heavy atom. The third-order valence-electron chi connectivity index (χ3n) is 3.11. The number of aromatic nitrogens is 1. The van der Waals surface area contributed by atoms with Crippen molar-refractivity contribution in [1.29, 1.82) is 0 Å². The Labute approximate surface area is 91.0 Å². The molecule has 1 aliphatic rings. The lowest BCUT2D eigenvalue weighted by Crippen LogP contribution is -2.03. The molecule has 1 saturated carbocycles. The number of aromatic amines is 1. The Balaban J connectivity index is 2.31. The lowest BCUT2D eigenvalue weighted by molar-refractivity contribution is 0.832. The highest BCUT2D eigenvalue weighted by atomic mass is 15.0. The van der Waals surface area contributed by atoms with Gasteiger partial charge in [-0.15, -0.1) is 0 Å². The van der Waals surface area contributed by atoms with Crippen molar-refractivity contribution >= 4 is 11.5 Å². The third kappa shape index (κ3) is 2.06. The summed E-state index contributed by atoms with van der Waals surface area (Å²) in [7, 11) is 3.79. The van der Waals surface area contributed by atoms with Crippen molar-refractivity contribution in [1.82, 2.24) is 4.98 Å². The second-order valence-corrected chi connectivity index (χ2v) is 4.27. The van der Waals surface area contributed by atoms with E-state index in [9.17, 15) is 0 Å². The maximum Gasteiger partial charge on any atom is 0.112 e. The fourth-order valence-electron chi connectivity index (χ4n) is 1.98. The minimum Gasteiger partial charge on any atom is -0.374 e. The van der Waals surface area contributed by atoms with Gasteiger partial charge in [0.2, 0.25) is 0 Å². The maximum atomic E-state index is 4.28. The lowest BCUT2D eigenvalue weighted by Gasteiger charge is -2.05. The number of rotatable bonds is 4. The molecule has 15 heavy (non-hydrogen) atoms. The molecule has 82 valence electrons. The van der Waals surface area contributed by atoms with Gasteiger partial charge in [-0.2, -0.15) is 0 Å². The molecule has 0 aliphatic heterocycles. The van der Waals surface area contributed by atoms with Crippen LogP contribution in [0.3, 0.4) is 0 Å². The Hall–Kier alpha value is -1.25. The van der Waals surface area contributed by atoms with Crippen molar-refractivity contribution in [2.45, 2.75) is 26.2 Å². The van der Waals surface area contributed by atoms with E-state index in [1.165, 1.54) is 30.4 Å². The number of nitrogens with one attached hydrogen (secondary N) is 2. The number of anilines is 1. The molecular weight excluding hydrogens is 186 g/mol. The molecule has 3 heteroatoms. The van der Waals surface area contributed by atoms with Gasteiger partial charge in [0.15, 0.2) is 0 Å². The predicted molar refractivity (Wildman–Crippen MR) is 64.9 cm³/mol. The summed E-state index contributed by atoms with van der Waals surface area (Å²) in [5.41, 5.74) is 3.79. The molecule has 0 bridgehead atoms. The Kier molecular flexibility index (Phi) is 2.80. The molecule has 1 aliphatic carbocycles. The average molecular weight is 205 g/mol. The van der Waals surface area contributed by atoms with Gasteiger partial charge in [0, 0.05) is 31.6 Å². The van der Waals surface area contributed by atoms with Crippen molar-refractivity contribution in [2.75, 3.05) is 19.4 Å². The highest BCUT2D eigenvalue weighted by Gasteiger charge is 2.24. The highest BCUT2D eigenvalue weighted by molar-refractivity contribution is 6.04. The zero-order valence-electron chi connectivity index (χ0n) is 9.72.